The van der Waals surface area contributed by atoms with Gasteiger partial charge in [0.05, 0.1) is 25.9 Å². The van der Waals surface area contributed by atoms with Crippen molar-refractivity contribution < 1.29 is 9.84 Å². The molecule has 120 valence electrons. The van der Waals surface area contributed by atoms with Crippen molar-refractivity contribution in [1.82, 2.24) is 20.2 Å². The third-order valence-corrected chi connectivity index (χ3v) is 4.44. The fourth-order valence-corrected chi connectivity index (χ4v) is 2.87. The maximum atomic E-state index is 9.99. The number of hydrogen-bond acceptors (Lipinski definition) is 6. The molecular weight excluding hydrogens is 380 g/mol. The Kier molecular flexibility index (Phi) is 5.50. The zero-order valence-corrected chi connectivity index (χ0v) is 14.6. The zero-order chi connectivity index (χ0) is 16.1. The number of aliphatic hydroxyl groups is 1. The first kappa shape index (κ1) is 16.3. The molecule has 0 aliphatic rings. The number of aliphatic hydroxyl groups excluding tert-OH is 1. The van der Waals surface area contributed by atoms with Gasteiger partial charge in [-0.15, -0.1) is 21.5 Å². The first-order chi connectivity index (χ1) is 11.2. The van der Waals surface area contributed by atoms with Crippen LogP contribution in [-0.4, -0.2) is 38.0 Å². The van der Waals surface area contributed by atoms with Gasteiger partial charge in [0, 0.05) is 14.9 Å². The monoisotopic (exact) mass is 394 g/mol. The van der Waals surface area contributed by atoms with E-state index in [1.807, 2.05) is 41.8 Å². The summed E-state index contributed by atoms with van der Waals surface area (Å²) in [5.74, 6) is 0.532. The third kappa shape index (κ3) is 4.68. The van der Waals surface area contributed by atoms with Crippen LogP contribution in [0, 0.1) is 0 Å². The van der Waals surface area contributed by atoms with Gasteiger partial charge in [-0.2, -0.15) is 4.80 Å². The number of rotatable bonds is 7. The summed E-state index contributed by atoms with van der Waals surface area (Å²) in [6, 6.07) is 11.6. The summed E-state index contributed by atoms with van der Waals surface area (Å²) < 4.78 is 6.48. The van der Waals surface area contributed by atoms with E-state index in [9.17, 15) is 5.11 Å². The molecule has 0 fully saturated rings. The topological polar surface area (TPSA) is 73.1 Å². The van der Waals surface area contributed by atoms with E-state index in [0.717, 1.165) is 14.9 Å². The number of hydrogen-bond donors (Lipinski definition) is 1. The Labute approximate surface area is 145 Å². The second kappa shape index (κ2) is 7.78. The van der Waals surface area contributed by atoms with Crippen LogP contribution in [0.15, 0.2) is 46.3 Å². The van der Waals surface area contributed by atoms with Crippen LogP contribution >= 0.6 is 27.3 Å². The Bertz CT molecular complexity index is 730. The summed E-state index contributed by atoms with van der Waals surface area (Å²) in [5, 5.41) is 24.2. The normalized spacial score (nSPS) is 12.4. The van der Waals surface area contributed by atoms with Crippen LogP contribution in [0.25, 0.3) is 11.4 Å². The summed E-state index contributed by atoms with van der Waals surface area (Å²) in [6.07, 6.45) is -0.679. The van der Waals surface area contributed by atoms with Crippen molar-refractivity contribution in [2.45, 2.75) is 19.3 Å². The Balaban J connectivity index is 1.51. The van der Waals surface area contributed by atoms with Crippen LogP contribution in [-0.2, 0) is 17.9 Å². The highest BCUT2D eigenvalue weighted by Crippen LogP contribution is 2.17. The molecule has 3 aromatic rings. The lowest BCUT2D eigenvalue weighted by atomic mass is 10.2. The highest BCUT2D eigenvalue weighted by Gasteiger charge is 2.10. The van der Waals surface area contributed by atoms with E-state index in [-0.39, 0.29) is 13.2 Å². The van der Waals surface area contributed by atoms with Gasteiger partial charge in [0.25, 0.3) is 0 Å². The Morgan fingerprint density at radius 1 is 1.26 bits per heavy atom. The highest BCUT2D eigenvalue weighted by atomic mass is 79.9. The molecule has 23 heavy (non-hydrogen) atoms. The van der Waals surface area contributed by atoms with E-state index in [1.54, 1.807) is 11.3 Å². The minimum absolute atomic E-state index is 0.229. The van der Waals surface area contributed by atoms with E-state index in [1.165, 1.54) is 4.80 Å². The SMILES string of the molecule is OC(COCc1cccs1)Cn1nnc(-c2ccc(Br)cc2)n1. The summed E-state index contributed by atoms with van der Waals surface area (Å²) in [5.41, 5.74) is 0.878. The van der Waals surface area contributed by atoms with Crippen molar-refractivity contribution in [2.24, 2.45) is 0 Å². The first-order valence-corrected chi connectivity index (χ1v) is 8.70. The Hall–Kier alpha value is -1.61. The van der Waals surface area contributed by atoms with Crippen LogP contribution in [0.2, 0.25) is 0 Å². The average Bonchev–Trinajstić information content (AvgIpc) is 3.20. The molecule has 0 saturated carbocycles. The summed E-state index contributed by atoms with van der Waals surface area (Å²) >= 11 is 5.02. The predicted molar refractivity (Wildman–Crippen MR) is 90.9 cm³/mol. The molecule has 0 amide bonds. The van der Waals surface area contributed by atoms with Gasteiger partial charge in [0.1, 0.15) is 0 Å². The molecule has 2 aromatic heterocycles. The molecule has 0 saturated heterocycles. The van der Waals surface area contributed by atoms with Crippen molar-refractivity contribution >= 4 is 27.3 Å². The third-order valence-electron chi connectivity index (χ3n) is 3.06. The lowest BCUT2D eigenvalue weighted by Crippen LogP contribution is -2.23. The first-order valence-electron chi connectivity index (χ1n) is 7.02. The lowest BCUT2D eigenvalue weighted by molar-refractivity contribution is 0.0174. The molecule has 1 unspecified atom stereocenters. The van der Waals surface area contributed by atoms with Crippen molar-refractivity contribution in [3.63, 3.8) is 0 Å². The minimum atomic E-state index is -0.679. The standard InChI is InChI=1S/C15H15BrN4O2S/c16-12-5-3-11(4-6-12)15-17-19-20(18-15)8-13(21)9-22-10-14-2-1-7-23-14/h1-7,13,21H,8-10H2. The second-order valence-corrected chi connectivity index (χ2v) is 6.87. The molecule has 0 radical (unpaired) electrons. The number of tetrazole rings is 1. The smallest absolute Gasteiger partial charge is 0.204 e. The van der Waals surface area contributed by atoms with Gasteiger partial charge >= 0.3 is 0 Å². The van der Waals surface area contributed by atoms with Crippen molar-refractivity contribution in [3.8, 4) is 11.4 Å². The van der Waals surface area contributed by atoms with E-state index >= 15 is 0 Å². The lowest BCUT2D eigenvalue weighted by Gasteiger charge is -2.09. The summed E-state index contributed by atoms with van der Waals surface area (Å²) in [6.45, 7) is 0.977. The molecule has 0 aliphatic heterocycles. The number of halogens is 1. The van der Waals surface area contributed by atoms with Crippen molar-refractivity contribution in [3.05, 3.63) is 51.1 Å². The van der Waals surface area contributed by atoms with Gasteiger partial charge < -0.3 is 9.84 Å². The van der Waals surface area contributed by atoms with Gasteiger partial charge in [-0.1, -0.05) is 22.0 Å². The minimum Gasteiger partial charge on any atom is -0.389 e. The quantitative estimate of drug-likeness (QED) is 0.666. The number of thiophene rings is 1. The molecule has 8 heteroatoms. The van der Waals surface area contributed by atoms with Crippen LogP contribution in [0.1, 0.15) is 4.88 Å². The summed E-state index contributed by atoms with van der Waals surface area (Å²) in [7, 11) is 0. The zero-order valence-electron chi connectivity index (χ0n) is 12.2. The van der Waals surface area contributed by atoms with Crippen molar-refractivity contribution in [1.29, 1.82) is 0 Å². The average molecular weight is 395 g/mol. The number of ether oxygens (including phenoxy) is 1. The summed E-state index contributed by atoms with van der Waals surface area (Å²) in [4.78, 5) is 2.52. The van der Waals surface area contributed by atoms with Gasteiger partial charge in [-0.25, -0.2) is 0 Å². The molecule has 1 aromatic carbocycles. The van der Waals surface area contributed by atoms with Crippen LogP contribution in [0.4, 0.5) is 0 Å². The van der Waals surface area contributed by atoms with E-state index in [4.69, 9.17) is 4.74 Å². The maximum Gasteiger partial charge on any atom is 0.204 e. The molecule has 3 rings (SSSR count). The van der Waals surface area contributed by atoms with E-state index in [2.05, 4.69) is 31.3 Å². The van der Waals surface area contributed by atoms with Crippen molar-refractivity contribution in [2.75, 3.05) is 6.61 Å². The van der Waals surface area contributed by atoms with Gasteiger partial charge in [-0.05, 0) is 40.9 Å². The molecule has 0 aliphatic carbocycles. The molecule has 1 atom stereocenters. The van der Waals surface area contributed by atoms with Crippen LogP contribution < -0.4 is 0 Å². The molecule has 1 N–H and O–H groups in total. The van der Waals surface area contributed by atoms with E-state index in [0.29, 0.717) is 12.4 Å². The maximum absolute atomic E-state index is 9.99. The second-order valence-electron chi connectivity index (χ2n) is 4.92. The Morgan fingerprint density at radius 3 is 2.83 bits per heavy atom. The predicted octanol–water partition coefficient (Wildman–Crippen LogP) is 2.74. The fourth-order valence-electron chi connectivity index (χ4n) is 1.97. The molecule has 6 nitrogen and oxygen atoms in total. The largest absolute Gasteiger partial charge is 0.389 e. The number of aromatic nitrogens is 4. The molecule has 0 bridgehead atoms. The molecular formula is C15H15BrN4O2S. The Morgan fingerprint density at radius 2 is 2.09 bits per heavy atom. The molecule has 0 spiro atoms. The van der Waals surface area contributed by atoms with Gasteiger partial charge in [0.2, 0.25) is 5.82 Å². The number of benzene rings is 1. The number of nitrogens with zero attached hydrogens (tertiary/aromatic N) is 4. The van der Waals surface area contributed by atoms with Gasteiger partial charge in [0.15, 0.2) is 0 Å². The highest BCUT2D eigenvalue weighted by molar-refractivity contribution is 9.10. The van der Waals surface area contributed by atoms with Crippen LogP contribution in [0.5, 0.6) is 0 Å². The van der Waals surface area contributed by atoms with E-state index < -0.39 is 6.10 Å². The van der Waals surface area contributed by atoms with Crippen LogP contribution in [0.3, 0.4) is 0 Å². The van der Waals surface area contributed by atoms with Gasteiger partial charge in [-0.3, -0.25) is 0 Å². The fraction of sp³-hybridized carbons (Fsp3) is 0.267. The molecule has 2 heterocycles.